The standard InChI is InChI=1S/C11H15ClN2O2/c1-3-8(2)7-13-9-4-5-10(12)11(6-9)14(15)16/h4-6,8,13H,3,7H2,1-2H3. The van der Waals surface area contributed by atoms with Crippen molar-refractivity contribution in [1.29, 1.82) is 0 Å². The summed E-state index contributed by atoms with van der Waals surface area (Å²) in [5, 5.41) is 14.0. The molecular formula is C11H15ClN2O2. The van der Waals surface area contributed by atoms with E-state index in [-0.39, 0.29) is 10.7 Å². The Balaban J connectivity index is 2.75. The lowest BCUT2D eigenvalue weighted by atomic mass is 10.1. The van der Waals surface area contributed by atoms with Gasteiger partial charge >= 0.3 is 0 Å². The molecule has 0 aromatic heterocycles. The number of nitrogens with one attached hydrogen (secondary N) is 1. The number of benzene rings is 1. The first kappa shape index (κ1) is 12.8. The molecule has 4 nitrogen and oxygen atoms in total. The summed E-state index contributed by atoms with van der Waals surface area (Å²) < 4.78 is 0. The zero-order chi connectivity index (χ0) is 12.1. The third-order valence-electron chi connectivity index (χ3n) is 2.49. The summed E-state index contributed by atoms with van der Waals surface area (Å²) >= 11 is 5.71. The van der Waals surface area contributed by atoms with Crippen LogP contribution in [0.4, 0.5) is 11.4 Å². The molecule has 5 heteroatoms. The molecule has 0 aliphatic rings. The van der Waals surface area contributed by atoms with E-state index in [1.807, 2.05) is 0 Å². The molecule has 1 atom stereocenters. The molecule has 1 N–H and O–H groups in total. The first-order valence-electron chi connectivity index (χ1n) is 5.22. The monoisotopic (exact) mass is 242 g/mol. The zero-order valence-corrected chi connectivity index (χ0v) is 10.1. The fourth-order valence-electron chi connectivity index (χ4n) is 1.20. The van der Waals surface area contributed by atoms with Crippen LogP contribution in [0.15, 0.2) is 18.2 Å². The number of anilines is 1. The quantitative estimate of drug-likeness (QED) is 0.633. The number of nitro benzene ring substituents is 1. The van der Waals surface area contributed by atoms with Gasteiger partial charge in [-0.2, -0.15) is 0 Å². The summed E-state index contributed by atoms with van der Waals surface area (Å²) in [5.74, 6) is 0.537. The highest BCUT2D eigenvalue weighted by molar-refractivity contribution is 6.32. The summed E-state index contributed by atoms with van der Waals surface area (Å²) in [6, 6.07) is 4.75. The van der Waals surface area contributed by atoms with Gasteiger partial charge in [-0.25, -0.2) is 0 Å². The largest absolute Gasteiger partial charge is 0.385 e. The molecule has 0 amide bonds. The summed E-state index contributed by atoms with van der Waals surface area (Å²) in [6.07, 6.45) is 1.07. The van der Waals surface area contributed by atoms with Crippen LogP contribution < -0.4 is 5.32 Å². The predicted octanol–water partition coefficient (Wildman–Crippen LogP) is 3.71. The van der Waals surface area contributed by atoms with Crippen LogP contribution >= 0.6 is 11.6 Å². The van der Waals surface area contributed by atoms with Crippen molar-refractivity contribution in [2.24, 2.45) is 5.92 Å². The van der Waals surface area contributed by atoms with Crippen molar-refractivity contribution < 1.29 is 4.92 Å². The second kappa shape index (κ2) is 5.70. The molecule has 0 heterocycles. The third-order valence-corrected chi connectivity index (χ3v) is 2.81. The van der Waals surface area contributed by atoms with Gasteiger partial charge in [0.25, 0.3) is 5.69 Å². The van der Waals surface area contributed by atoms with E-state index in [1.165, 1.54) is 6.07 Å². The number of nitro groups is 1. The van der Waals surface area contributed by atoms with Crippen molar-refractivity contribution in [3.05, 3.63) is 33.3 Å². The van der Waals surface area contributed by atoms with Gasteiger partial charge in [-0.3, -0.25) is 10.1 Å². The van der Waals surface area contributed by atoms with Crippen LogP contribution in [0.1, 0.15) is 20.3 Å². The highest BCUT2D eigenvalue weighted by Crippen LogP contribution is 2.27. The molecule has 1 aromatic rings. The van der Waals surface area contributed by atoms with E-state index < -0.39 is 4.92 Å². The molecule has 0 saturated heterocycles. The molecule has 88 valence electrons. The van der Waals surface area contributed by atoms with Crippen LogP contribution in [0.3, 0.4) is 0 Å². The molecule has 1 unspecified atom stereocenters. The number of hydrogen-bond donors (Lipinski definition) is 1. The van der Waals surface area contributed by atoms with Crippen LogP contribution in [0.2, 0.25) is 5.02 Å². The van der Waals surface area contributed by atoms with Gasteiger partial charge in [0.15, 0.2) is 0 Å². The topological polar surface area (TPSA) is 55.2 Å². The Morgan fingerprint density at radius 2 is 2.25 bits per heavy atom. The fourth-order valence-corrected chi connectivity index (χ4v) is 1.39. The molecule has 1 rings (SSSR count). The van der Waals surface area contributed by atoms with Gasteiger partial charge in [0.1, 0.15) is 5.02 Å². The second-order valence-corrected chi connectivity index (χ2v) is 4.22. The van der Waals surface area contributed by atoms with Gasteiger partial charge in [0.05, 0.1) is 4.92 Å². The van der Waals surface area contributed by atoms with Crippen molar-refractivity contribution in [2.45, 2.75) is 20.3 Å². The molecule has 1 aromatic carbocycles. The van der Waals surface area contributed by atoms with E-state index in [2.05, 4.69) is 19.2 Å². The third kappa shape index (κ3) is 3.38. The highest BCUT2D eigenvalue weighted by Gasteiger charge is 2.12. The Morgan fingerprint density at radius 1 is 1.56 bits per heavy atom. The van der Waals surface area contributed by atoms with Gasteiger partial charge in [-0.1, -0.05) is 31.9 Å². The van der Waals surface area contributed by atoms with E-state index in [9.17, 15) is 10.1 Å². The normalized spacial score (nSPS) is 12.2. The molecule has 0 bridgehead atoms. The van der Waals surface area contributed by atoms with Crippen LogP contribution in [0.25, 0.3) is 0 Å². The SMILES string of the molecule is CCC(C)CNc1ccc(Cl)c([N+](=O)[O-])c1. The average Bonchev–Trinajstić information content (AvgIpc) is 2.27. The van der Waals surface area contributed by atoms with Gasteiger partial charge in [-0.15, -0.1) is 0 Å². The molecule has 0 saturated carbocycles. The second-order valence-electron chi connectivity index (χ2n) is 3.82. The maximum atomic E-state index is 10.7. The van der Waals surface area contributed by atoms with Gasteiger partial charge < -0.3 is 5.32 Å². The molecule has 0 aliphatic carbocycles. The Morgan fingerprint density at radius 3 is 2.81 bits per heavy atom. The zero-order valence-electron chi connectivity index (χ0n) is 9.37. The maximum Gasteiger partial charge on any atom is 0.289 e. The number of rotatable bonds is 5. The Labute approximate surface area is 99.8 Å². The smallest absolute Gasteiger partial charge is 0.289 e. The van der Waals surface area contributed by atoms with E-state index in [1.54, 1.807) is 12.1 Å². The van der Waals surface area contributed by atoms with Crippen LogP contribution in [0.5, 0.6) is 0 Å². The summed E-state index contributed by atoms with van der Waals surface area (Å²) in [4.78, 5) is 10.2. The van der Waals surface area contributed by atoms with Gasteiger partial charge in [-0.05, 0) is 18.1 Å². The van der Waals surface area contributed by atoms with Crippen LogP contribution in [-0.2, 0) is 0 Å². The van der Waals surface area contributed by atoms with Gasteiger partial charge in [0.2, 0.25) is 0 Å². The first-order valence-corrected chi connectivity index (χ1v) is 5.60. The molecule has 16 heavy (non-hydrogen) atoms. The van der Waals surface area contributed by atoms with Gasteiger partial charge in [0, 0.05) is 18.3 Å². The molecule has 0 fully saturated rings. The number of hydrogen-bond acceptors (Lipinski definition) is 3. The van der Waals surface area contributed by atoms with Crippen molar-refractivity contribution in [1.82, 2.24) is 0 Å². The highest BCUT2D eigenvalue weighted by atomic mass is 35.5. The summed E-state index contributed by atoms with van der Waals surface area (Å²) in [6.45, 7) is 5.03. The minimum absolute atomic E-state index is 0.0594. The molecule has 0 spiro atoms. The fraction of sp³-hybridized carbons (Fsp3) is 0.455. The molecule has 0 aliphatic heterocycles. The van der Waals surface area contributed by atoms with E-state index in [0.29, 0.717) is 5.92 Å². The predicted molar refractivity (Wildman–Crippen MR) is 66.1 cm³/mol. The van der Waals surface area contributed by atoms with E-state index >= 15 is 0 Å². The van der Waals surface area contributed by atoms with Crippen LogP contribution in [0, 0.1) is 16.0 Å². The lowest BCUT2D eigenvalue weighted by molar-refractivity contribution is -0.384. The average molecular weight is 243 g/mol. The number of nitrogens with zero attached hydrogens (tertiary/aromatic N) is 1. The maximum absolute atomic E-state index is 10.7. The Hall–Kier alpha value is -1.29. The van der Waals surface area contributed by atoms with Crippen molar-refractivity contribution in [3.63, 3.8) is 0 Å². The number of halogens is 1. The minimum Gasteiger partial charge on any atom is -0.385 e. The van der Waals surface area contributed by atoms with Crippen molar-refractivity contribution in [3.8, 4) is 0 Å². The first-order chi connectivity index (χ1) is 7.54. The Kier molecular flexibility index (Phi) is 4.55. The lowest BCUT2D eigenvalue weighted by Gasteiger charge is -2.11. The molecular weight excluding hydrogens is 228 g/mol. The Bertz CT molecular complexity index is 382. The van der Waals surface area contributed by atoms with Crippen molar-refractivity contribution >= 4 is 23.0 Å². The van der Waals surface area contributed by atoms with E-state index in [4.69, 9.17) is 11.6 Å². The molecule has 0 radical (unpaired) electrons. The van der Waals surface area contributed by atoms with Crippen molar-refractivity contribution in [2.75, 3.05) is 11.9 Å². The van der Waals surface area contributed by atoms with E-state index in [0.717, 1.165) is 18.7 Å². The summed E-state index contributed by atoms with van der Waals surface area (Å²) in [7, 11) is 0. The minimum atomic E-state index is -0.475. The summed E-state index contributed by atoms with van der Waals surface area (Å²) in [5.41, 5.74) is 0.673. The van der Waals surface area contributed by atoms with Crippen LogP contribution in [-0.4, -0.2) is 11.5 Å². The lowest BCUT2D eigenvalue weighted by Crippen LogP contribution is -2.10.